The van der Waals surface area contributed by atoms with Gasteiger partial charge in [-0.05, 0) is 19.1 Å². The third kappa shape index (κ3) is 1.85. The number of hydrogen-bond acceptors (Lipinski definition) is 4. The van der Waals surface area contributed by atoms with Crippen LogP contribution in [0, 0.1) is 0 Å². The van der Waals surface area contributed by atoms with Gasteiger partial charge in [-0.25, -0.2) is 9.78 Å². The van der Waals surface area contributed by atoms with Gasteiger partial charge < -0.3 is 15.7 Å². The van der Waals surface area contributed by atoms with Gasteiger partial charge in [0.05, 0.1) is 22.8 Å². The highest BCUT2D eigenvalue weighted by Gasteiger charge is 2.08. The van der Waals surface area contributed by atoms with Crippen molar-refractivity contribution in [3.8, 4) is 11.3 Å². The lowest BCUT2D eigenvalue weighted by atomic mass is 10.1. The number of thiazole rings is 1. The summed E-state index contributed by atoms with van der Waals surface area (Å²) < 4.78 is 0. The number of rotatable bonds is 2. The molecule has 18 heavy (non-hydrogen) atoms. The normalized spacial score (nSPS) is 13.0. The zero-order valence-electron chi connectivity index (χ0n) is 9.73. The molecule has 0 radical (unpaired) electrons. The van der Waals surface area contributed by atoms with Crippen LogP contribution in [-0.4, -0.2) is 15.0 Å². The predicted molar refractivity (Wildman–Crippen MR) is 72.6 cm³/mol. The molecular formula is C12H12N4OS. The number of imidazole rings is 1. The molecule has 0 aliphatic rings. The van der Waals surface area contributed by atoms with Gasteiger partial charge in [0.2, 0.25) is 0 Å². The Hall–Kier alpha value is -1.92. The van der Waals surface area contributed by atoms with Gasteiger partial charge in [0.1, 0.15) is 5.01 Å². The highest BCUT2D eigenvalue weighted by molar-refractivity contribution is 7.10. The summed E-state index contributed by atoms with van der Waals surface area (Å²) >= 11 is 1.55. The predicted octanol–water partition coefficient (Wildman–Crippen LogP) is 2.00. The van der Waals surface area contributed by atoms with Gasteiger partial charge in [0.25, 0.3) is 0 Å². The molecule has 2 heterocycles. The molecule has 5 nitrogen and oxygen atoms in total. The van der Waals surface area contributed by atoms with E-state index in [-0.39, 0.29) is 11.7 Å². The number of aromatic amines is 2. The molecule has 0 fully saturated rings. The van der Waals surface area contributed by atoms with Crippen molar-refractivity contribution in [3.63, 3.8) is 0 Å². The monoisotopic (exact) mass is 260 g/mol. The van der Waals surface area contributed by atoms with Crippen LogP contribution in [0.5, 0.6) is 0 Å². The van der Waals surface area contributed by atoms with Gasteiger partial charge in [-0.2, -0.15) is 0 Å². The molecule has 0 saturated carbocycles. The van der Waals surface area contributed by atoms with Crippen LogP contribution >= 0.6 is 11.3 Å². The molecule has 4 N–H and O–H groups in total. The summed E-state index contributed by atoms with van der Waals surface area (Å²) in [5.74, 6) is 0. The van der Waals surface area contributed by atoms with Crippen LogP contribution in [0.4, 0.5) is 0 Å². The number of benzene rings is 1. The first-order chi connectivity index (χ1) is 8.63. The van der Waals surface area contributed by atoms with Crippen LogP contribution in [0.3, 0.4) is 0 Å². The number of hydrogen-bond donors (Lipinski definition) is 3. The van der Waals surface area contributed by atoms with Gasteiger partial charge in [-0.1, -0.05) is 6.07 Å². The molecule has 1 aromatic carbocycles. The summed E-state index contributed by atoms with van der Waals surface area (Å²) in [7, 11) is 0. The van der Waals surface area contributed by atoms with E-state index in [1.165, 1.54) is 0 Å². The number of aromatic nitrogens is 3. The highest BCUT2D eigenvalue weighted by Crippen LogP contribution is 2.26. The molecule has 0 aliphatic carbocycles. The zero-order valence-corrected chi connectivity index (χ0v) is 10.5. The smallest absolute Gasteiger partial charge is 0.322 e. The average molecular weight is 260 g/mol. The van der Waals surface area contributed by atoms with Gasteiger partial charge in [-0.3, -0.25) is 0 Å². The van der Waals surface area contributed by atoms with Crippen LogP contribution in [0.15, 0.2) is 28.4 Å². The molecule has 92 valence electrons. The van der Waals surface area contributed by atoms with E-state index in [9.17, 15) is 4.79 Å². The third-order valence-electron chi connectivity index (χ3n) is 2.72. The Labute approximate surface area is 107 Å². The molecule has 3 aromatic rings. The van der Waals surface area contributed by atoms with E-state index >= 15 is 0 Å². The number of nitrogens with one attached hydrogen (secondary N) is 2. The molecule has 0 aliphatic heterocycles. The molecule has 1 atom stereocenters. The lowest BCUT2D eigenvalue weighted by molar-refractivity contribution is 0.808. The second kappa shape index (κ2) is 4.08. The summed E-state index contributed by atoms with van der Waals surface area (Å²) in [6, 6.07) is 5.66. The maximum absolute atomic E-state index is 11.2. The fourth-order valence-corrected chi connectivity index (χ4v) is 2.61. The third-order valence-corrected chi connectivity index (χ3v) is 3.77. The minimum Gasteiger partial charge on any atom is -0.322 e. The summed E-state index contributed by atoms with van der Waals surface area (Å²) in [5.41, 5.74) is 9.04. The maximum Gasteiger partial charge on any atom is 0.323 e. The first kappa shape index (κ1) is 11.2. The second-order valence-corrected chi connectivity index (χ2v) is 5.09. The zero-order chi connectivity index (χ0) is 12.7. The average Bonchev–Trinajstić information content (AvgIpc) is 2.91. The van der Waals surface area contributed by atoms with Crippen LogP contribution in [-0.2, 0) is 0 Å². The summed E-state index contributed by atoms with van der Waals surface area (Å²) in [6.45, 7) is 1.91. The maximum atomic E-state index is 11.2. The van der Waals surface area contributed by atoms with E-state index in [2.05, 4.69) is 15.0 Å². The van der Waals surface area contributed by atoms with E-state index < -0.39 is 0 Å². The van der Waals surface area contributed by atoms with Crippen LogP contribution in [0.2, 0.25) is 0 Å². The van der Waals surface area contributed by atoms with Crippen molar-refractivity contribution in [2.75, 3.05) is 0 Å². The quantitative estimate of drug-likeness (QED) is 0.658. The van der Waals surface area contributed by atoms with E-state index in [0.29, 0.717) is 0 Å². The lowest BCUT2D eigenvalue weighted by Gasteiger charge is -1.98. The van der Waals surface area contributed by atoms with Gasteiger partial charge in [-0.15, -0.1) is 11.3 Å². The molecule has 0 amide bonds. The highest BCUT2D eigenvalue weighted by atomic mass is 32.1. The van der Waals surface area contributed by atoms with E-state index in [4.69, 9.17) is 5.73 Å². The standard InChI is InChI=1S/C12H12N4OS/c1-6(13)11-14-10(5-18-11)7-2-3-8-9(4-7)16-12(17)15-8/h2-6H,13H2,1H3,(H2,15,16,17). The first-order valence-corrected chi connectivity index (χ1v) is 6.45. The molecular weight excluding hydrogens is 248 g/mol. The van der Waals surface area contributed by atoms with Crippen LogP contribution in [0.1, 0.15) is 18.0 Å². The van der Waals surface area contributed by atoms with Crippen molar-refractivity contribution in [3.05, 3.63) is 39.1 Å². The fourth-order valence-electron chi connectivity index (χ4n) is 1.82. The fraction of sp³-hybridized carbons (Fsp3) is 0.167. The Morgan fingerprint density at radius 2 is 2.11 bits per heavy atom. The Morgan fingerprint density at radius 1 is 1.33 bits per heavy atom. The summed E-state index contributed by atoms with van der Waals surface area (Å²) in [5, 5.41) is 2.89. The largest absolute Gasteiger partial charge is 0.323 e. The molecule has 6 heteroatoms. The summed E-state index contributed by atoms with van der Waals surface area (Å²) in [6.07, 6.45) is 0. The Balaban J connectivity index is 2.09. The van der Waals surface area contributed by atoms with E-state index in [1.807, 2.05) is 30.5 Å². The van der Waals surface area contributed by atoms with Crippen molar-refractivity contribution in [1.29, 1.82) is 0 Å². The van der Waals surface area contributed by atoms with Gasteiger partial charge >= 0.3 is 5.69 Å². The van der Waals surface area contributed by atoms with E-state index in [1.54, 1.807) is 11.3 Å². The minimum absolute atomic E-state index is 0.0560. The van der Waals surface area contributed by atoms with Crippen molar-refractivity contribution in [2.45, 2.75) is 13.0 Å². The van der Waals surface area contributed by atoms with Crippen molar-refractivity contribution >= 4 is 22.4 Å². The molecule has 3 rings (SSSR count). The van der Waals surface area contributed by atoms with Crippen LogP contribution < -0.4 is 11.4 Å². The Morgan fingerprint density at radius 3 is 2.83 bits per heavy atom. The molecule has 1 unspecified atom stereocenters. The molecule has 0 spiro atoms. The number of H-pyrrole nitrogens is 2. The Kier molecular flexibility index (Phi) is 2.53. The second-order valence-electron chi connectivity index (χ2n) is 4.20. The van der Waals surface area contributed by atoms with Gasteiger partial charge in [0.15, 0.2) is 0 Å². The van der Waals surface area contributed by atoms with Crippen molar-refractivity contribution in [2.24, 2.45) is 5.73 Å². The van der Waals surface area contributed by atoms with Gasteiger partial charge in [0, 0.05) is 10.9 Å². The topological polar surface area (TPSA) is 87.6 Å². The molecule has 2 aromatic heterocycles. The number of nitrogens with two attached hydrogens (primary N) is 1. The number of fused-ring (bicyclic) bond motifs is 1. The molecule has 0 saturated heterocycles. The lowest BCUT2D eigenvalue weighted by Crippen LogP contribution is -2.03. The van der Waals surface area contributed by atoms with E-state index in [0.717, 1.165) is 27.3 Å². The van der Waals surface area contributed by atoms with Crippen molar-refractivity contribution < 1.29 is 0 Å². The van der Waals surface area contributed by atoms with Crippen molar-refractivity contribution in [1.82, 2.24) is 15.0 Å². The summed E-state index contributed by atoms with van der Waals surface area (Å²) in [4.78, 5) is 21.1. The SMILES string of the molecule is CC(N)c1nc(-c2ccc3[nH]c(=O)[nH]c3c2)cs1. The minimum atomic E-state index is -0.198. The van der Waals surface area contributed by atoms with Crippen LogP contribution in [0.25, 0.3) is 22.3 Å². The molecule has 0 bridgehead atoms. The first-order valence-electron chi connectivity index (χ1n) is 5.57. The Bertz CT molecular complexity index is 753. The number of nitrogens with zero attached hydrogens (tertiary/aromatic N) is 1.